The monoisotopic (exact) mass is 195 g/mol. The average Bonchev–Trinajstić information content (AvgIpc) is 2.18. The molecule has 1 rings (SSSR count). The molecular formula is C7H7N4O3-. The van der Waals surface area contributed by atoms with E-state index in [0.717, 1.165) is 12.3 Å². The minimum atomic E-state index is -0.683. The molecule has 0 saturated carbocycles. The van der Waals surface area contributed by atoms with Crippen LogP contribution in [-0.4, -0.2) is 21.7 Å². The summed E-state index contributed by atoms with van der Waals surface area (Å²) in [7, 11) is 0. The number of anilines is 1. The van der Waals surface area contributed by atoms with Crippen LogP contribution < -0.4 is 5.06 Å². The van der Waals surface area contributed by atoms with Crippen LogP contribution in [0.2, 0.25) is 0 Å². The molecule has 1 aromatic rings. The van der Waals surface area contributed by atoms with E-state index in [1.165, 1.54) is 6.08 Å². The van der Waals surface area contributed by atoms with E-state index in [1.54, 1.807) is 0 Å². The Hall–Kier alpha value is -2.02. The van der Waals surface area contributed by atoms with Crippen molar-refractivity contribution in [2.24, 2.45) is 0 Å². The SMILES string of the molecule is C=CCN([O-])c1nnccc1[N+](=O)[O-]. The van der Waals surface area contributed by atoms with Gasteiger partial charge in [0.1, 0.15) is 0 Å². The summed E-state index contributed by atoms with van der Waals surface area (Å²) in [6, 6.07) is 1.12. The fraction of sp³-hybridized carbons (Fsp3) is 0.143. The lowest BCUT2D eigenvalue weighted by Crippen LogP contribution is -2.17. The maximum atomic E-state index is 11.2. The zero-order valence-electron chi connectivity index (χ0n) is 7.16. The summed E-state index contributed by atoms with van der Waals surface area (Å²) in [6.07, 6.45) is 2.48. The molecule has 0 aliphatic heterocycles. The van der Waals surface area contributed by atoms with Crippen LogP contribution >= 0.6 is 0 Å². The van der Waals surface area contributed by atoms with Crippen LogP contribution in [-0.2, 0) is 0 Å². The topological polar surface area (TPSA) is 95.2 Å². The Balaban J connectivity index is 3.06. The number of rotatable bonds is 4. The molecule has 7 nitrogen and oxygen atoms in total. The van der Waals surface area contributed by atoms with Crippen molar-refractivity contribution in [3.8, 4) is 0 Å². The molecule has 0 radical (unpaired) electrons. The maximum Gasteiger partial charge on any atom is 0.314 e. The van der Waals surface area contributed by atoms with Crippen molar-refractivity contribution in [1.82, 2.24) is 10.2 Å². The second-order valence-corrected chi connectivity index (χ2v) is 2.35. The highest BCUT2D eigenvalue weighted by molar-refractivity contribution is 5.57. The zero-order valence-corrected chi connectivity index (χ0v) is 7.16. The highest BCUT2D eigenvalue weighted by Crippen LogP contribution is 2.22. The van der Waals surface area contributed by atoms with Crippen molar-refractivity contribution >= 4 is 11.5 Å². The minimum Gasteiger partial charge on any atom is -0.757 e. The van der Waals surface area contributed by atoms with Gasteiger partial charge in [-0.3, -0.25) is 10.1 Å². The summed E-state index contributed by atoms with van der Waals surface area (Å²) in [5.41, 5.74) is -0.364. The second-order valence-electron chi connectivity index (χ2n) is 2.35. The molecule has 0 bridgehead atoms. The van der Waals surface area contributed by atoms with Crippen LogP contribution in [0.5, 0.6) is 0 Å². The summed E-state index contributed by atoms with van der Waals surface area (Å²) in [5.74, 6) is -0.308. The van der Waals surface area contributed by atoms with Crippen LogP contribution in [0.3, 0.4) is 0 Å². The van der Waals surface area contributed by atoms with E-state index in [2.05, 4.69) is 16.8 Å². The summed E-state index contributed by atoms with van der Waals surface area (Å²) < 4.78 is 0. The predicted octanol–water partition coefficient (Wildman–Crippen LogP) is 0.875. The normalized spacial score (nSPS) is 9.50. The van der Waals surface area contributed by atoms with Crippen LogP contribution in [0.25, 0.3) is 0 Å². The van der Waals surface area contributed by atoms with Gasteiger partial charge in [-0.25, -0.2) is 0 Å². The molecule has 7 heteroatoms. The quantitative estimate of drug-likeness (QED) is 0.402. The molecular weight excluding hydrogens is 188 g/mol. The highest BCUT2D eigenvalue weighted by Gasteiger charge is 2.15. The van der Waals surface area contributed by atoms with E-state index >= 15 is 0 Å². The lowest BCUT2D eigenvalue weighted by atomic mass is 10.4. The third-order valence-corrected chi connectivity index (χ3v) is 1.41. The molecule has 0 N–H and O–H groups in total. The third kappa shape index (κ3) is 2.02. The molecule has 0 aromatic carbocycles. The van der Waals surface area contributed by atoms with Crippen molar-refractivity contribution in [1.29, 1.82) is 0 Å². The predicted molar refractivity (Wildman–Crippen MR) is 49.6 cm³/mol. The van der Waals surface area contributed by atoms with Crippen LogP contribution in [0.4, 0.5) is 11.5 Å². The molecule has 0 aliphatic rings. The van der Waals surface area contributed by atoms with E-state index in [0.29, 0.717) is 5.06 Å². The Kier molecular flexibility index (Phi) is 3.08. The first-order chi connectivity index (χ1) is 6.66. The summed E-state index contributed by atoms with van der Waals surface area (Å²) >= 11 is 0. The van der Waals surface area contributed by atoms with E-state index in [9.17, 15) is 15.3 Å². The lowest BCUT2D eigenvalue weighted by molar-refractivity contribution is -0.384. The van der Waals surface area contributed by atoms with Gasteiger partial charge in [0.25, 0.3) is 0 Å². The van der Waals surface area contributed by atoms with Crippen LogP contribution in [0.15, 0.2) is 24.9 Å². The van der Waals surface area contributed by atoms with Gasteiger partial charge in [0.15, 0.2) is 0 Å². The van der Waals surface area contributed by atoms with Gasteiger partial charge in [0, 0.05) is 12.6 Å². The minimum absolute atomic E-state index is 0.0699. The maximum absolute atomic E-state index is 11.2. The van der Waals surface area contributed by atoms with E-state index < -0.39 is 4.92 Å². The highest BCUT2D eigenvalue weighted by atomic mass is 16.6. The number of aromatic nitrogens is 2. The molecule has 1 heterocycles. The van der Waals surface area contributed by atoms with Crippen molar-refractivity contribution < 1.29 is 4.92 Å². The summed E-state index contributed by atoms with van der Waals surface area (Å²) in [5, 5.41) is 28.8. The molecule has 0 unspecified atom stereocenters. The zero-order chi connectivity index (χ0) is 10.6. The summed E-state index contributed by atoms with van der Waals surface area (Å²) in [4.78, 5) is 9.79. The molecule has 0 atom stereocenters. The first-order valence-corrected chi connectivity index (χ1v) is 3.68. The first-order valence-electron chi connectivity index (χ1n) is 3.68. The van der Waals surface area contributed by atoms with Gasteiger partial charge in [-0.2, -0.15) is 5.10 Å². The van der Waals surface area contributed by atoms with Gasteiger partial charge in [-0.15, -0.1) is 11.7 Å². The molecule has 14 heavy (non-hydrogen) atoms. The standard InChI is InChI=1S/C7H7N4O3/c1-2-5-10(12)7-6(11(13)14)3-4-8-9-7/h2-4H,1,5H2/q-1. The van der Waals surface area contributed by atoms with Crippen molar-refractivity contribution in [3.05, 3.63) is 40.2 Å². The Morgan fingerprint density at radius 2 is 2.43 bits per heavy atom. The Bertz CT molecular complexity index is 355. The fourth-order valence-electron chi connectivity index (χ4n) is 0.842. The Morgan fingerprint density at radius 3 is 3.00 bits per heavy atom. The van der Waals surface area contributed by atoms with Gasteiger partial charge in [0.2, 0.25) is 5.82 Å². The summed E-state index contributed by atoms with van der Waals surface area (Å²) in [6.45, 7) is 3.27. The van der Waals surface area contributed by atoms with Gasteiger partial charge >= 0.3 is 5.69 Å². The number of hydrogen-bond donors (Lipinski definition) is 0. The Morgan fingerprint density at radius 1 is 1.71 bits per heavy atom. The smallest absolute Gasteiger partial charge is 0.314 e. The van der Waals surface area contributed by atoms with Crippen LogP contribution in [0.1, 0.15) is 0 Å². The fourth-order valence-corrected chi connectivity index (χ4v) is 0.842. The van der Waals surface area contributed by atoms with E-state index in [1.807, 2.05) is 0 Å². The second kappa shape index (κ2) is 4.28. The number of hydrogen-bond acceptors (Lipinski definition) is 6. The van der Waals surface area contributed by atoms with Crippen molar-refractivity contribution in [2.45, 2.75) is 0 Å². The van der Waals surface area contributed by atoms with Gasteiger partial charge < -0.3 is 10.3 Å². The van der Waals surface area contributed by atoms with Crippen LogP contribution in [0, 0.1) is 15.3 Å². The molecule has 0 spiro atoms. The molecule has 0 fully saturated rings. The molecule has 0 amide bonds. The van der Waals surface area contributed by atoms with E-state index in [4.69, 9.17) is 0 Å². The largest absolute Gasteiger partial charge is 0.757 e. The third-order valence-electron chi connectivity index (χ3n) is 1.41. The molecule has 74 valence electrons. The average molecular weight is 195 g/mol. The number of nitrogens with zero attached hydrogens (tertiary/aromatic N) is 4. The van der Waals surface area contributed by atoms with Crippen molar-refractivity contribution in [2.75, 3.05) is 11.6 Å². The Labute approximate surface area is 79.4 Å². The number of nitro groups is 1. The lowest BCUT2D eigenvalue weighted by Gasteiger charge is -2.26. The van der Waals surface area contributed by atoms with Crippen molar-refractivity contribution in [3.63, 3.8) is 0 Å². The first kappa shape index (κ1) is 10.1. The van der Waals surface area contributed by atoms with Gasteiger partial charge in [0.05, 0.1) is 11.1 Å². The van der Waals surface area contributed by atoms with Gasteiger partial charge in [-0.1, -0.05) is 6.08 Å². The molecule has 1 aromatic heterocycles. The van der Waals surface area contributed by atoms with Gasteiger partial charge in [-0.05, 0) is 0 Å². The number of hydroxylamine groups is 1. The van der Waals surface area contributed by atoms with E-state index in [-0.39, 0.29) is 18.1 Å². The molecule has 0 aliphatic carbocycles. The molecule has 0 saturated heterocycles.